The first-order valence-corrected chi connectivity index (χ1v) is 5.93. The Hall–Kier alpha value is -2.50. The number of anilines is 1. The van der Waals surface area contributed by atoms with Crippen LogP contribution in [0.15, 0.2) is 42.6 Å². The molecule has 1 heterocycles. The predicted octanol–water partition coefficient (Wildman–Crippen LogP) is 3.02. The van der Waals surface area contributed by atoms with Crippen LogP contribution >= 0.6 is 0 Å². The summed E-state index contributed by atoms with van der Waals surface area (Å²) >= 11 is 0. The molecule has 0 radical (unpaired) electrons. The molecule has 104 valence electrons. The average Bonchev–Trinajstić information content (AvgIpc) is 2.38. The molecule has 0 fully saturated rings. The molecule has 4 nitrogen and oxygen atoms in total. The number of nitrogens with zero attached hydrogens (tertiary/aromatic N) is 2. The molecule has 1 N–H and O–H groups in total. The Bertz CT molecular complexity index is 584. The molecule has 1 aromatic carbocycles. The molecule has 0 aliphatic rings. The Balaban J connectivity index is 2.00. The largest absolute Gasteiger partial charge is 0.322 e. The Morgan fingerprint density at radius 3 is 2.55 bits per heavy atom. The molecule has 0 spiro atoms. The van der Waals surface area contributed by atoms with E-state index >= 15 is 0 Å². The maximum absolute atomic E-state index is 13.0. The summed E-state index contributed by atoms with van der Waals surface area (Å²) in [6.45, 7) is 0.296. The van der Waals surface area contributed by atoms with Gasteiger partial charge in [-0.3, -0.25) is 4.98 Å². The van der Waals surface area contributed by atoms with Gasteiger partial charge in [-0.25, -0.2) is 13.6 Å². The molecule has 1 aromatic heterocycles. The van der Waals surface area contributed by atoms with Crippen molar-refractivity contribution >= 4 is 11.7 Å². The third kappa shape index (κ3) is 3.74. The van der Waals surface area contributed by atoms with Gasteiger partial charge in [-0.1, -0.05) is 6.07 Å². The quantitative estimate of drug-likeness (QED) is 0.937. The fourth-order valence-electron chi connectivity index (χ4n) is 1.65. The lowest BCUT2D eigenvalue weighted by molar-refractivity contribution is 0.220. The second-order valence-electron chi connectivity index (χ2n) is 4.27. The molecule has 0 aliphatic carbocycles. The number of hydrogen-bond donors (Lipinski definition) is 1. The summed E-state index contributed by atoms with van der Waals surface area (Å²) in [7, 11) is 1.57. The van der Waals surface area contributed by atoms with Crippen molar-refractivity contribution in [2.75, 3.05) is 12.4 Å². The number of halogens is 2. The minimum atomic E-state index is -0.743. The van der Waals surface area contributed by atoms with E-state index in [1.807, 2.05) is 6.07 Å². The Morgan fingerprint density at radius 1 is 1.25 bits per heavy atom. The molecule has 0 aliphatic heterocycles. The lowest BCUT2D eigenvalue weighted by Gasteiger charge is -2.17. The number of pyridine rings is 1. The first-order chi connectivity index (χ1) is 9.54. The molecule has 2 aromatic rings. The first-order valence-electron chi connectivity index (χ1n) is 5.93. The SMILES string of the molecule is CN(Cc1ccccn1)C(=O)Nc1cc(F)cc(F)c1. The van der Waals surface area contributed by atoms with Crippen LogP contribution in [0.2, 0.25) is 0 Å². The number of urea groups is 1. The maximum atomic E-state index is 13.0. The number of benzene rings is 1. The summed E-state index contributed by atoms with van der Waals surface area (Å²) in [6.07, 6.45) is 1.63. The van der Waals surface area contributed by atoms with Crippen LogP contribution in [-0.4, -0.2) is 23.0 Å². The predicted molar refractivity (Wildman–Crippen MR) is 71.1 cm³/mol. The van der Waals surface area contributed by atoms with Crippen molar-refractivity contribution in [1.82, 2.24) is 9.88 Å². The van der Waals surface area contributed by atoms with E-state index in [-0.39, 0.29) is 5.69 Å². The highest BCUT2D eigenvalue weighted by atomic mass is 19.1. The number of aromatic nitrogens is 1. The zero-order chi connectivity index (χ0) is 14.5. The fourth-order valence-corrected chi connectivity index (χ4v) is 1.65. The van der Waals surface area contributed by atoms with Crippen LogP contribution in [0, 0.1) is 11.6 Å². The van der Waals surface area contributed by atoms with Crippen molar-refractivity contribution in [3.63, 3.8) is 0 Å². The lowest BCUT2D eigenvalue weighted by Crippen LogP contribution is -2.31. The second kappa shape index (κ2) is 6.10. The van der Waals surface area contributed by atoms with Crippen molar-refractivity contribution < 1.29 is 13.6 Å². The highest BCUT2D eigenvalue weighted by Crippen LogP contribution is 2.13. The molecule has 2 amide bonds. The van der Waals surface area contributed by atoms with Gasteiger partial charge in [0.25, 0.3) is 0 Å². The van der Waals surface area contributed by atoms with Crippen molar-refractivity contribution in [1.29, 1.82) is 0 Å². The minimum absolute atomic E-state index is 0.0698. The van der Waals surface area contributed by atoms with Gasteiger partial charge in [-0.2, -0.15) is 0 Å². The summed E-state index contributed by atoms with van der Waals surface area (Å²) in [4.78, 5) is 17.3. The summed E-state index contributed by atoms with van der Waals surface area (Å²) < 4.78 is 26.0. The lowest BCUT2D eigenvalue weighted by atomic mass is 10.3. The highest BCUT2D eigenvalue weighted by Gasteiger charge is 2.11. The van der Waals surface area contributed by atoms with E-state index in [0.717, 1.165) is 23.9 Å². The first kappa shape index (κ1) is 13.9. The number of nitrogens with one attached hydrogen (secondary N) is 1. The van der Waals surface area contributed by atoms with Crippen LogP contribution in [0.1, 0.15) is 5.69 Å². The number of hydrogen-bond acceptors (Lipinski definition) is 2. The van der Waals surface area contributed by atoms with Crippen LogP contribution in [-0.2, 0) is 6.54 Å². The van der Waals surface area contributed by atoms with Crippen molar-refractivity contribution in [3.8, 4) is 0 Å². The van der Waals surface area contributed by atoms with Crippen molar-refractivity contribution in [3.05, 3.63) is 59.9 Å². The van der Waals surface area contributed by atoms with Crippen molar-refractivity contribution in [2.24, 2.45) is 0 Å². The van der Waals surface area contributed by atoms with E-state index < -0.39 is 17.7 Å². The summed E-state index contributed by atoms with van der Waals surface area (Å²) in [6, 6.07) is 7.75. The summed E-state index contributed by atoms with van der Waals surface area (Å²) in [5.74, 6) is -1.49. The molecule has 0 saturated carbocycles. The minimum Gasteiger partial charge on any atom is -0.322 e. The van der Waals surface area contributed by atoms with Gasteiger partial charge < -0.3 is 10.2 Å². The van der Waals surface area contributed by atoms with Crippen LogP contribution in [0.5, 0.6) is 0 Å². The molecule has 20 heavy (non-hydrogen) atoms. The molecule has 0 unspecified atom stereocenters. The number of rotatable bonds is 3. The van der Waals surface area contributed by atoms with Crippen molar-refractivity contribution in [2.45, 2.75) is 6.54 Å². The second-order valence-corrected chi connectivity index (χ2v) is 4.27. The molecule has 0 bridgehead atoms. The third-order valence-corrected chi connectivity index (χ3v) is 2.59. The van der Waals surface area contributed by atoms with E-state index in [9.17, 15) is 13.6 Å². The van der Waals surface area contributed by atoms with Gasteiger partial charge in [0.05, 0.1) is 12.2 Å². The van der Waals surface area contributed by atoms with E-state index in [0.29, 0.717) is 6.54 Å². The number of carbonyl (C=O) groups excluding carboxylic acids is 1. The zero-order valence-corrected chi connectivity index (χ0v) is 10.8. The maximum Gasteiger partial charge on any atom is 0.321 e. The smallest absolute Gasteiger partial charge is 0.321 e. The van der Waals surface area contributed by atoms with Gasteiger partial charge in [0.2, 0.25) is 0 Å². The van der Waals surface area contributed by atoms with Crippen LogP contribution in [0.25, 0.3) is 0 Å². The topological polar surface area (TPSA) is 45.2 Å². The van der Waals surface area contributed by atoms with E-state index in [1.54, 1.807) is 25.4 Å². The average molecular weight is 277 g/mol. The molecular formula is C14H13F2N3O. The normalized spacial score (nSPS) is 10.2. The van der Waals surface area contributed by atoms with Crippen LogP contribution in [0.4, 0.5) is 19.3 Å². The van der Waals surface area contributed by atoms with Gasteiger partial charge in [0, 0.05) is 25.0 Å². The molecular weight excluding hydrogens is 264 g/mol. The van der Waals surface area contributed by atoms with Gasteiger partial charge in [-0.05, 0) is 24.3 Å². The molecule has 0 saturated heterocycles. The zero-order valence-electron chi connectivity index (χ0n) is 10.8. The van der Waals surface area contributed by atoms with E-state index in [4.69, 9.17) is 0 Å². The fraction of sp³-hybridized carbons (Fsp3) is 0.143. The van der Waals surface area contributed by atoms with Gasteiger partial charge in [0.15, 0.2) is 0 Å². The summed E-state index contributed by atoms with van der Waals surface area (Å²) in [5, 5.41) is 2.42. The standard InChI is InChI=1S/C14H13F2N3O/c1-19(9-12-4-2-3-5-17-12)14(20)18-13-7-10(15)6-11(16)8-13/h2-8H,9H2,1H3,(H,18,20). The highest BCUT2D eigenvalue weighted by molar-refractivity contribution is 5.89. The van der Waals surface area contributed by atoms with Crippen LogP contribution < -0.4 is 5.32 Å². The summed E-state index contributed by atoms with van der Waals surface area (Å²) in [5.41, 5.74) is 0.788. The Kier molecular flexibility index (Phi) is 4.24. The molecule has 0 atom stereocenters. The Morgan fingerprint density at radius 2 is 1.95 bits per heavy atom. The monoisotopic (exact) mass is 277 g/mol. The number of carbonyl (C=O) groups is 1. The van der Waals surface area contributed by atoms with E-state index in [2.05, 4.69) is 10.3 Å². The molecule has 6 heteroatoms. The number of amides is 2. The molecule has 2 rings (SSSR count). The van der Waals surface area contributed by atoms with Gasteiger partial charge in [-0.15, -0.1) is 0 Å². The third-order valence-electron chi connectivity index (χ3n) is 2.59. The van der Waals surface area contributed by atoms with Gasteiger partial charge in [0.1, 0.15) is 11.6 Å². The Labute approximate surface area is 115 Å². The van der Waals surface area contributed by atoms with Crippen LogP contribution in [0.3, 0.4) is 0 Å². The van der Waals surface area contributed by atoms with E-state index in [1.165, 1.54) is 4.90 Å². The van der Waals surface area contributed by atoms with Gasteiger partial charge >= 0.3 is 6.03 Å².